The number of nitrogens with one attached hydrogen (secondary N) is 1. The van der Waals surface area contributed by atoms with Gasteiger partial charge in [-0.15, -0.1) is 0 Å². The molecule has 27 nitrogen and oxygen atoms in total. The van der Waals surface area contributed by atoms with Gasteiger partial charge in [-0.1, -0.05) is 96.3 Å². The SMILES string of the molecule is CC(=O)O[C@@]12CO[C@@H]1C[C@H](O)[C@@]1(C)C(=O)[C@H](O)C3=C(C)[C@@H](OC(=O)[C@H](O)[C@@H](NC(=O)OC(C)(C)C)c4ccccc4)C[C@@](O)([C@@H](OC(=O)c4ccccc4)[C@H]21)C3(C)C.N.N.NC(=O)N1CCC(CC(=O)N2CCC([C@H]3c4ncc(Br)cc4CCc4cc(Cl)cc(Br)c43)CC2)CC1.O=C([O-])C1(C(=O)[O-])CCC1.[Pt+2]. The van der Waals surface area contributed by atoms with Gasteiger partial charge in [-0.25, -0.2) is 19.2 Å². The van der Waals surface area contributed by atoms with Crippen LogP contribution in [0.3, 0.4) is 0 Å². The van der Waals surface area contributed by atoms with Gasteiger partial charge in [-0.05, 0) is 177 Å². The molecule has 13 N–H and O–H groups in total. The maximum Gasteiger partial charge on any atom is 2.00 e. The first-order valence-electron chi connectivity index (χ1n) is 35.1. The Morgan fingerprint density at radius 2 is 1.44 bits per heavy atom. The van der Waals surface area contributed by atoms with Gasteiger partial charge < -0.3 is 97.1 Å². The summed E-state index contributed by atoms with van der Waals surface area (Å²) in [6.45, 7) is 14.6. The van der Waals surface area contributed by atoms with Crippen LogP contribution < -0.4 is 33.6 Å². The number of Topliss-reactive ketones (excluding diaryl/α,β-unsaturated/α-hetero) is 1. The number of aliphatic carboxylic acids is 2. The van der Waals surface area contributed by atoms with E-state index in [0.717, 1.165) is 78.2 Å². The van der Waals surface area contributed by atoms with Crippen LogP contribution in [0.2, 0.25) is 5.02 Å². The molecule has 3 saturated heterocycles. The minimum atomic E-state index is -2.35. The number of carbonyl (C=O) groups excluding carboxylic acids is 9. The summed E-state index contributed by atoms with van der Waals surface area (Å²) in [6, 6.07) is 20.6. The van der Waals surface area contributed by atoms with Gasteiger partial charge >= 0.3 is 51.1 Å². The fraction of sp³-hybridized carbons (Fsp3) is 0.553. The Morgan fingerprint density at radius 3 is 1.97 bits per heavy atom. The number of amides is 4. The summed E-state index contributed by atoms with van der Waals surface area (Å²) < 4.78 is 31.6. The van der Waals surface area contributed by atoms with Crippen molar-refractivity contribution in [2.45, 2.75) is 198 Å². The Morgan fingerprint density at radius 1 is 0.850 bits per heavy atom. The molecule has 4 aromatic rings. The molecule has 8 aliphatic rings. The van der Waals surface area contributed by atoms with E-state index in [-0.39, 0.29) is 93.8 Å². The summed E-state index contributed by atoms with van der Waals surface area (Å²) in [4.78, 5) is 122. The number of nitrogens with zero attached hydrogens (tertiary/aromatic N) is 3. The number of likely N-dealkylation sites (tertiary alicyclic amines) is 2. The molecule has 3 aliphatic heterocycles. The molecule has 5 aliphatic carbocycles. The van der Waals surface area contributed by atoms with Gasteiger partial charge in [0, 0.05) is 89.3 Å². The topological polar surface area (TPSA) is 454 Å². The van der Waals surface area contributed by atoms with Gasteiger partial charge in [-0.3, -0.25) is 19.4 Å². The van der Waals surface area contributed by atoms with Crippen molar-refractivity contribution in [2.75, 3.05) is 32.8 Å². The summed E-state index contributed by atoms with van der Waals surface area (Å²) >= 11 is 13.9. The number of carboxylic acid groups (broad SMARTS) is 2. The number of esters is 3. The third-order valence-corrected chi connectivity index (χ3v) is 24.0. The molecule has 1 aromatic heterocycles. The molecule has 0 unspecified atom stereocenters. The number of rotatable bonds is 13. The first kappa shape index (κ1) is 87.5. The van der Waals surface area contributed by atoms with Crippen LogP contribution in [0.5, 0.6) is 0 Å². The number of halogens is 3. The Balaban J connectivity index is 0.000000276. The number of nitrogens with two attached hydrogens (primary N) is 1. The van der Waals surface area contributed by atoms with Gasteiger partial charge in [0.2, 0.25) is 5.91 Å². The van der Waals surface area contributed by atoms with Crippen molar-refractivity contribution in [1.29, 1.82) is 0 Å². The average Bonchev–Trinajstić information content (AvgIpc) is 0.774. The van der Waals surface area contributed by atoms with Crippen LogP contribution in [0.15, 0.2) is 105 Å². The molecule has 3 saturated carbocycles. The number of hydrogen-bond donors (Lipinski definition) is 8. The van der Waals surface area contributed by atoms with Gasteiger partial charge in [0.15, 0.2) is 17.5 Å². The van der Waals surface area contributed by atoms with E-state index in [0.29, 0.717) is 43.3 Å². The Kier molecular flexibility index (Phi) is 28.3. The van der Waals surface area contributed by atoms with Crippen LogP contribution >= 0.6 is 43.5 Å². The van der Waals surface area contributed by atoms with Gasteiger partial charge in [0.25, 0.3) is 0 Å². The quantitative estimate of drug-likeness (QED) is 0.0285. The standard InChI is InChI=1S/C43H53NO14.C27H31Br2ClN4O2.C6H8O4.2H3N.Pt/c1-22-26(55-37(51)32(48)30(24-15-11-9-12-16-24)44-38(52)58-39(3,4)5)20-43(53)35(56-36(50)25-17-13-10-14-18-25)33-41(8,34(49)31(47)29(22)40(43,6)7)27(46)19-28-42(33,21-54-28)57-23(2)45;28-20-12-19-2-1-18-13-21(30)14-22(29)24(18)25(26(19)32-15-20)17-5-9-33(10-6-17)23(35)11-16-3-7-34(8-4-16)27(31)36;7-4(8)6(5(9)10)2-1-3-6;;;/h9-18,26-28,30-33,35,46-48,53H,19-21H2,1-8H3,(H,44,52);12-17,25H,1-11H2,(H2,31,36);1-3H2,(H,7,8)(H,9,10);2*1H3;/q;;;;;+2/p-2/t26-,27-,28+,30-,31+,32+,33-,35-,41+,42-,43+;25-;;;;/m01..../s1. The molecule has 107 heavy (non-hydrogen) atoms. The number of carbonyl (C=O) groups is 9. The summed E-state index contributed by atoms with van der Waals surface area (Å²) in [6.07, 6.45) is -2.64. The molecule has 31 heteroatoms. The summed E-state index contributed by atoms with van der Waals surface area (Å²) in [5, 5.41) is 72.7. The smallest absolute Gasteiger partial charge is 0.549 e. The predicted octanol–water partition coefficient (Wildman–Crippen LogP) is 7.15. The van der Waals surface area contributed by atoms with E-state index in [1.807, 2.05) is 17.2 Å². The van der Waals surface area contributed by atoms with Gasteiger partial charge in [0.05, 0.1) is 53.3 Å². The fourth-order valence-corrected chi connectivity index (χ4v) is 18.3. The fourth-order valence-electron chi connectivity index (χ4n) is 16.8. The second-order valence-electron chi connectivity index (χ2n) is 30.4. The normalized spacial score (nSPS) is 27.3. The minimum absolute atomic E-state index is 0. The van der Waals surface area contributed by atoms with Crippen molar-refractivity contribution >= 4 is 97.1 Å². The molecule has 0 radical (unpaired) electrons. The molecule has 0 spiro atoms. The van der Waals surface area contributed by atoms with Gasteiger partial charge in [-0.2, -0.15) is 0 Å². The number of aromatic nitrogens is 1. The molecule has 6 fully saturated rings. The molecule has 12 atom stereocenters. The molecule has 4 heterocycles. The van der Waals surface area contributed by atoms with E-state index >= 15 is 0 Å². The number of pyridine rings is 1. The number of alkyl carbamates (subject to hydrolysis) is 1. The molecule has 4 amide bonds. The third kappa shape index (κ3) is 17.5. The Hall–Kier alpha value is -6.76. The van der Waals surface area contributed by atoms with Crippen LogP contribution in [0, 0.1) is 34.0 Å². The number of aliphatic hydroxyl groups excluding tert-OH is 3. The zero-order valence-electron chi connectivity index (χ0n) is 61.1. The Bertz CT molecular complexity index is 3990. The van der Waals surface area contributed by atoms with E-state index in [1.165, 1.54) is 42.7 Å². The number of fused-ring (bicyclic) bond motifs is 7. The number of benzene rings is 3. The van der Waals surface area contributed by atoms with E-state index in [1.54, 1.807) is 88.0 Å². The summed E-state index contributed by atoms with van der Waals surface area (Å²) in [7, 11) is 0. The van der Waals surface area contributed by atoms with Crippen LogP contribution in [-0.4, -0.2) is 175 Å². The van der Waals surface area contributed by atoms with Crippen LogP contribution in [0.1, 0.15) is 170 Å². The van der Waals surface area contributed by atoms with E-state index in [4.69, 9.17) is 46.0 Å². The number of primary amides is 1. The number of hydrogen-bond acceptors (Lipinski definition) is 23. The number of ketones is 1. The number of aryl methyl sites for hydroxylation is 2. The third-order valence-electron chi connectivity index (χ3n) is 22.7. The zero-order valence-corrected chi connectivity index (χ0v) is 67.3. The van der Waals surface area contributed by atoms with Crippen LogP contribution in [-0.2, 0) is 86.4 Å². The number of carboxylic acids is 2. The monoisotopic (exact) mass is 1810 g/mol. The van der Waals surface area contributed by atoms with E-state index in [2.05, 4.69) is 49.3 Å². The van der Waals surface area contributed by atoms with Crippen molar-refractivity contribution in [3.8, 4) is 0 Å². The largest absolute Gasteiger partial charge is 2.00 e. The molecule has 3 aromatic carbocycles. The maximum atomic E-state index is 14.9. The van der Waals surface area contributed by atoms with Crippen molar-refractivity contribution in [2.24, 2.45) is 39.7 Å². The number of urea groups is 1. The molecular weight excluding hydrogens is 1720 g/mol. The van der Waals surface area contributed by atoms with Crippen LogP contribution in [0.25, 0.3) is 0 Å². The van der Waals surface area contributed by atoms with Crippen molar-refractivity contribution in [1.82, 2.24) is 32.4 Å². The molecule has 2 bridgehead atoms. The number of aliphatic hydroxyl groups is 4. The van der Waals surface area contributed by atoms with E-state index < -0.39 is 130 Å². The Labute approximate surface area is 657 Å². The first-order valence-corrected chi connectivity index (χ1v) is 37.1. The summed E-state index contributed by atoms with van der Waals surface area (Å²) in [5.41, 5.74) is 0.628. The van der Waals surface area contributed by atoms with Gasteiger partial charge in [0.1, 0.15) is 35.6 Å². The van der Waals surface area contributed by atoms with Crippen molar-refractivity contribution in [3.05, 3.63) is 144 Å². The van der Waals surface area contributed by atoms with Crippen molar-refractivity contribution < 1.29 is 119 Å². The molecular formula is C76H96Br2ClN7O20Pt. The van der Waals surface area contributed by atoms with Crippen molar-refractivity contribution in [3.63, 3.8) is 0 Å². The number of ether oxygens (including phenoxy) is 5. The van der Waals surface area contributed by atoms with Crippen LogP contribution in [0.4, 0.5) is 9.59 Å². The predicted molar refractivity (Wildman–Crippen MR) is 388 cm³/mol. The maximum absolute atomic E-state index is 14.9. The number of piperidine rings is 2. The van der Waals surface area contributed by atoms with E-state index in [9.17, 15) is 73.8 Å². The average molecular weight is 1820 g/mol. The minimum Gasteiger partial charge on any atom is -0.549 e. The summed E-state index contributed by atoms with van der Waals surface area (Å²) in [5.74, 6) is -7.25. The molecule has 12 rings (SSSR count). The molecule has 586 valence electrons. The second-order valence-corrected chi connectivity index (χ2v) is 32.6. The zero-order chi connectivity index (χ0) is 75.9. The second kappa shape index (κ2) is 34.7. The first-order chi connectivity index (χ1) is 48.9.